The van der Waals surface area contributed by atoms with Crippen LogP contribution < -0.4 is 0 Å². The van der Waals surface area contributed by atoms with Crippen molar-refractivity contribution in [2.45, 2.75) is 39.9 Å². The van der Waals surface area contributed by atoms with E-state index in [0.717, 1.165) is 0 Å². The molecule has 0 heterocycles. The molecule has 13 heavy (non-hydrogen) atoms. The van der Waals surface area contributed by atoms with Crippen LogP contribution in [0.4, 0.5) is 0 Å². The number of hydrogen-bond acceptors (Lipinski definition) is 0. The molecule has 0 radical (unpaired) electrons. The van der Waals surface area contributed by atoms with E-state index in [1.807, 2.05) is 20.8 Å². The Hall–Kier alpha value is -0.300. The molecular formula is C12H17Br. The summed E-state index contributed by atoms with van der Waals surface area (Å²) < 4.78 is 45.4. The van der Waals surface area contributed by atoms with Crippen molar-refractivity contribution in [2.24, 2.45) is 0 Å². The molecule has 0 unspecified atom stereocenters. The number of aryl methyl sites for hydroxylation is 2. The number of halogens is 1. The zero-order valence-electron chi connectivity index (χ0n) is 14.0. The van der Waals surface area contributed by atoms with Crippen molar-refractivity contribution in [1.29, 1.82) is 0 Å². The molecule has 0 atom stereocenters. The van der Waals surface area contributed by atoms with Gasteiger partial charge in [0.2, 0.25) is 0 Å². The van der Waals surface area contributed by atoms with E-state index in [0.29, 0.717) is 5.56 Å². The Morgan fingerprint density at radius 3 is 1.92 bits per heavy atom. The molecule has 1 rings (SSSR count). The number of benzene rings is 1. The maximum absolute atomic E-state index is 7.54. The minimum absolute atomic E-state index is 0.0473. The molecule has 1 heteroatoms. The van der Waals surface area contributed by atoms with E-state index in [9.17, 15) is 0 Å². The van der Waals surface area contributed by atoms with Crippen molar-refractivity contribution in [1.82, 2.24) is 0 Å². The van der Waals surface area contributed by atoms with Crippen molar-refractivity contribution >= 4 is 15.9 Å². The highest BCUT2D eigenvalue weighted by Gasteiger charge is 2.15. The lowest BCUT2D eigenvalue weighted by Crippen LogP contribution is -2.11. The molecule has 0 saturated heterocycles. The summed E-state index contributed by atoms with van der Waals surface area (Å²) in [6.07, 6.45) is 0. The van der Waals surface area contributed by atoms with Crippen molar-refractivity contribution in [3.05, 3.63) is 33.3 Å². The minimum Gasteiger partial charge on any atom is -0.0561 e. The van der Waals surface area contributed by atoms with E-state index in [2.05, 4.69) is 15.9 Å². The highest BCUT2D eigenvalue weighted by Crippen LogP contribution is 2.29. The standard InChI is InChI=1S/C12H17Br/c1-8-6-10(12(3,4)5)7-9(2)11(8)13/h6-7H,1-5H3/i1D3,2D3. The molecule has 1 aromatic carbocycles. The van der Waals surface area contributed by atoms with Crippen LogP contribution in [0, 0.1) is 13.7 Å². The third-order valence-corrected chi connectivity index (χ3v) is 2.79. The fourth-order valence-electron chi connectivity index (χ4n) is 1.06. The summed E-state index contributed by atoms with van der Waals surface area (Å²) in [6, 6.07) is 3.12. The normalized spacial score (nSPS) is 20.6. The van der Waals surface area contributed by atoms with Gasteiger partial charge in [0.25, 0.3) is 0 Å². The zero-order valence-corrected chi connectivity index (χ0v) is 9.62. The van der Waals surface area contributed by atoms with Gasteiger partial charge in [-0.2, -0.15) is 0 Å². The second-order valence-corrected chi connectivity index (χ2v) is 4.93. The van der Waals surface area contributed by atoms with E-state index in [-0.39, 0.29) is 21.0 Å². The fraction of sp³-hybridized carbons (Fsp3) is 0.500. The van der Waals surface area contributed by atoms with Crippen molar-refractivity contribution in [2.75, 3.05) is 0 Å². The average Bonchev–Trinajstić information content (AvgIpc) is 2.11. The second kappa shape index (κ2) is 3.45. The van der Waals surface area contributed by atoms with Crippen LogP contribution in [-0.2, 0) is 5.41 Å². The first-order valence-electron chi connectivity index (χ1n) is 7.09. The van der Waals surface area contributed by atoms with Gasteiger partial charge in [-0.1, -0.05) is 48.8 Å². The van der Waals surface area contributed by atoms with Gasteiger partial charge in [-0.3, -0.25) is 0 Å². The lowest BCUT2D eigenvalue weighted by molar-refractivity contribution is 0.589. The molecule has 0 amide bonds. The van der Waals surface area contributed by atoms with E-state index in [4.69, 9.17) is 8.22 Å². The second-order valence-electron chi connectivity index (χ2n) is 4.14. The maximum atomic E-state index is 7.54. The molecular weight excluding hydrogens is 224 g/mol. The first-order valence-corrected chi connectivity index (χ1v) is 4.89. The van der Waals surface area contributed by atoms with E-state index in [1.165, 1.54) is 0 Å². The van der Waals surface area contributed by atoms with Crippen LogP contribution in [0.1, 0.15) is 45.7 Å². The topological polar surface area (TPSA) is 0 Å². The Labute approximate surface area is 97.9 Å². The van der Waals surface area contributed by atoms with Gasteiger partial charge in [-0.25, -0.2) is 0 Å². The van der Waals surface area contributed by atoms with Gasteiger partial charge in [-0.05, 0) is 35.8 Å². The van der Waals surface area contributed by atoms with Crippen LogP contribution in [0.2, 0.25) is 0 Å². The van der Waals surface area contributed by atoms with Gasteiger partial charge in [-0.15, -0.1) is 0 Å². The fourth-order valence-corrected chi connectivity index (χ4v) is 1.29. The Kier molecular flexibility index (Phi) is 1.32. The van der Waals surface area contributed by atoms with Crippen molar-refractivity contribution in [3.8, 4) is 0 Å². The lowest BCUT2D eigenvalue weighted by Gasteiger charge is -2.21. The van der Waals surface area contributed by atoms with Crippen molar-refractivity contribution in [3.63, 3.8) is 0 Å². The summed E-state index contributed by atoms with van der Waals surface area (Å²) in [7, 11) is 0. The molecule has 0 bridgehead atoms. The molecule has 0 aliphatic heterocycles. The third kappa shape index (κ3) is 2.34. The summed E-state index contributed by atoms with van der Waals surface area (Å²) in [5.74, 6) is 0. The van der Waals surface area contributed by atoms with Gasteiger partial charge in [0, 0.05) is 12.7 Å². The van der Waals surface area contributed by atoms with Gasteiger partial charge < -0.3 is 0 Å². The van der Waals surface area contributed by atoms with Crippen LogP contribution in [0.25, 0.3) is 0 Å². The Bertz CT molecular complexity index is 443. The minimum atomic E-state index is -2.35. The predicted molar refractivity (Wildman–Crippen MR) is 62.3 cm³/mol. The van der Waals surface area contributed by atoms with Gasteiger partial charge in [0.05, 0.1) is 0 Å². The summed E-state index contributed by atoms with van der Waals surface area (Å²) in [6.45, 7) is 1.06. The highest BCUT2D eigenvalue weighted by molar-refractivity contribution is 9.10. The molecule has 1 aromatic rings. The van der Waals surface area contributed by atoms with E-state index >= 15 is 0 Å². The molecule has 0 N–H and O–H groups in total. The quantitative estimate of drug-likeness (QED) is 0.638. The monoisotopic (exact) mass is 246 g/mol. The van der Waals surface area contributed by atoms with Crippen molar-refractivity contribution < 1.29 is 8.22 Å². The SMILES string of the molecule is [2H]C([2H])([2H])c1cc(C(C)(C)C)cc(C([2H])([2H])[2H])c1Br. The first-order chi connectivity index (χ1) is 8.24. The molecule has 0 aromatic heterocycles. The largest absolute Gasteiger partial charge is 0.0561 e. The van der Waals surface area contributed by atoms with E-state index < -0.39 is 13.7 Å². The van der Waals surface area contributed by atoms with Crippen LogP contribution in [0.15, 0.2) is 16.6 Å². The number of rotatable bonds is 0. The Morgan fingerprint density at radius 2 is 1.62 bits per heavy atom. The highest BCUT2D eigenvalue weighted by atomic mass is 79.9. The van der Waals surface area contributed by atoms with Crippen LogP contribution in [0.5, 0.6) is 0 Å². The predicted octanol–water partition coefficient (Wildman–Crippen LogP) is 4.36. The van der Waals surface area contributed by atoms with Gasteiger partial charge >= 0.3 is 0 Å². The smallest absolute Gasteiger partial charge is 0.0280 e. The summed E-state index contributed by atoms with van der Waals surface area (Å²) >= 11 is 3.13. The van der Waals surface area contributed by atoms with E-state index in [1.54, 1.807) is 12.1 Å². The van der Waals surface area contributed by atoms with Gasteiger partial charge in [0.1, 0.15) is 0 Å². The molecule has 0 aliphatic rings. The number of hydrogen-bond donors (Lipinski definition) is 0. The Morgan fingerprint density at radius 1 is 1.15 bits per heavy atom. The lowest BCUT2D eigenvalue weighted by atomic mass is 9.85. The third-order valence-electron chi connectivity index (χ3n) is 1.94. The molecule has 0 spiro atoms. The Balaban J connectivity index is 3.68. The summed E-state index contributed by atoms with van der Waals surface area (Å²) in [4.78, 5) is 0. The molecule has 72 valence electrons. The molecule has 0 fully saturated rings. The molecule has 0 nitrogen and oxygen atoms in total. The van der Waals surface area contributed by atoms with Crippen LogP contribution >= 0.6 is 15.9 Å². The average molecular weight is 247 g/mol. The first kappa shape index (κ1) is 4.97. The maximum Gasteiger partial charge on any atom is 0.0280 e. The zero-order chi connectivity index (χ0) is 15.2. The molecule has 0 saturated carbocycles. The van der Waals surface area contributed by atoms with Crippen LogP contribution in [0.3, 0.4) is 0 Å². The van der Waals surface area contributed by atoms with Crippen LogP contribution in [-0.4, -0.2) is 0 Å². The van der Waals surface area contributed by atoms with Gasteiger partial charge in [0.15, 0.2) is 0 Å². The summed E-state index contributed by atoms with van der Waals surface area (Å²) in [5.41, 5.74) is 0.478. The molecule has 0 aliphatic carbocycles. The summed E-state index contributed by atoms with van der Waals surface area (Å²) in [5, 5.41) is 0.